The minimum absolute atomic E-state index is 0.0596. The molecule has 124 valence electrons. The van der Waals surface area contributed by atoms with Gasteiger partial charge in [-0.25, -0.2) is 4.79 Å². The van der Waals surface area contributed by atoms with Gasteiger partial charge in [0.25, 0.3) is 0 Å². The summed E-state index contributed by atoms with van der Waals surface area (Å²) in [6.45, 7) is 4.92. The Morgan fingerprint density at radius 2 is 1.95 bits per heavy atom. The number of aryl methyl sites for hydroxylation is 1. The average Bonchev–Trinajstić information content (AvgIpc) is 2.70. The van der Waals surface area contributed by atoms with Crippen molar-refractivity contribution >= 4 is 12.4 Å². The third-order valence-electron chi connectivity index (χ3n) is 2.74. The van der Waals surface area contributed by atoms with E-state index in [1.54, 1.807) is 20.8 Å². The molecule has 9 heteroatoms. The minimum atomic E-state index is -4.63. The van der Waals surface area contributed by atoms with Crippen molar-refractivity contribution < 1.29 is 27.5 Å². The number of carbonyl (C=O) groups is 2. The van der Waals surface area contributed by atoms with Crippen molar-refractivity contribution in [2.24, 2.45) is 7.05 Å². The van der Waals surface area contributed by atoms with Crippen molar-refractivity contribution in [3.8, 4) is 0 Å². The summed E-state index contributed by atoms with van der Waals surface area (Å²) < 4.78 is 44.0. The van der Waals surface area contributed by atoms with Crippen LogP contribution >= 0.6 is 0 Å². The standard InChI is InChI=1S/C13H18F3N3O3/c1-12(2,3)22-11(21)18(4)9(7-20)8-6-10(13(14,15)16)17-19(8)5/h6-7,9H,1-5H3. The fraction of sp³-hybridized carbons (Fsp3) is 0.615. The van der Waals surface area contributed by atoms with Crippen LogP contribution in [0, 0.1) is 0 Å². The third kappa shape index (κ3) is 4.22. The van der Waals surface area contributed by atoms with Gasteiger partial charge in [-0.15, -0.1) is 0 Å². The lowest BCUT2D eigenvalue weighted by Crippen LogP contribution is -2.37. The van der Waals surface area contributed by atoms with Gasteiger partial charge in [-0.2, -0.15) is 18.3 Å². The zero-order valence-electron chi connectivity index (χ0n) is 12.9. The summed E-state index contributed by atoms with van der Waals surface area (Å²) in [5, 5.41) is 3.32. The van der Waals surface area contributed by atoms with Crippen molar-refractivity contribution in [2.75, 3.05) is 7.05 Å². The Hall–Kier alpha value is -2.06. The molecule has 22 heavy (non-hydrogen) atoms. The molecule has 6 nitrogen and oxygen atoms in total. The fourth-order valence-electron chi connectivity index (χ4n) is 1.70. The van der Waals surface area contributed by atoms with Gasteiger partial charge in [-0.3, -0.25) is 9.58 Å². The van der Waals surface area contributed by atoms with Gasteiger partial charge >= 0.3 is 12.3 Å². The molecule has 1 rings (SSSR count). The Morgan fingerprint density at radius 3 is 2.32 bits per heavy atom. The Kier molecular flexibility index (Phi) is 4.89. The van der Waals surface area contributed by atoms with Gasteiger partial charge in [-0.1, -0.05) is 0 Å². The first-order valence-electron chi connectivity index (χ1n) is 6.39. The molecular weight excluding hydrogens is 303 g/mol. The van der Waals surface area contributed by atoms with E-state index >= 15 is 0 Å². The number of hydrogen-bond donors (Lipinski definition) is 0. The first-order valence-corrected chi connectivity index (χ1v) is 6.39. The van der Waals surface area contributed by atoms with Gasteiger partial charge in [0.2, 0.25) is 0 Å². The Bertz CT molecular complexity index is 561. The van der Waals surface area contributed by atoms with Crippen molar-refractivity contribution in [3.63, 3.8) is 0 Å². The van der Waals surface area contributed by atoms with Crippen LogP contribution in [0.15, 0.2) is 6.07 Å². The van der Waals surface area contributed by atoms with Crippen molar-refractivity contribution in [2.45, 2.75) is 38.6 Å². The van der Waals surface area contributed by atoms with Crippen LogP contribution in [0.2, 0.25) is 0 Å². The second-order valence-corrected chi connectivity index (χ2v) is 5.75. The molecule has 0 N–H and O–H groups in total. The van der Waals surface area contributed by atoms with E-state index in [0.717, 1.165) is 15.6 Å². The molecule has 1 unspecified atom stereocenters. The number of amides is 1. The zero-order chi connectivity index (χ0) is 17.3. The lowest BCUT2D eigenvalue weighted by atomic mass is 10.2. The van der Waals surface area contributed by atoms with Gasteiger partial charge < -0.3 is 9.53 Å². The molecule has 0 aliphatic carbocycles. The molecule has 0 saturated heterocycles. The van der Waals surface area contributed by atoms with Crippen LogP contribution in [-0.2, 0) is 22.8 Å². The van der Waals surface area contributed by atoms with Crippen molar-refractivity contribution in [3.05, 3.63) is 17.5 Å². The van der Waals surface area contributed by atoms with Gasteiger partial charge in [0.15, 0.2) is 5.69 Å². The second-order valence-electron chi connectivity index (χ2n) is 5.75. The van der Waals surface area contributed by atoms with E-state index in [-0.39, 0.29) is 5.69 Å². The monoisotopic (exact) mass is 321 g/mol. The maximum absolute atomic E-state index is 12.7. The maximum atomic E-state index is 12.7. The Balaban J connectivity index is 3.09. The predicted octanol–water partition coefficient (Wildman–Crippen LogP) is 2.55. The molecule has 0 fully saturated rings. The molecule has 0 aromatic carbocycles. The number of ether oxygens (including phenoxy) is 1. The number of aromatic nitrogens is 2. The molecule has 0 saturated carbocycles. The molecular formula is C13H18F3N3O3. The van der Waals surface area contributed by atoms with E-state index in [1.165, 1.54) is 14.1 Å². The Morgan fingerprint density at radius 1 is 1.41 bits per heavy atom. The summed E-state index contributed by atoms with van der Waals surface area (Å²) in [5.74, 6) is 0. The third-order valence-corrected chi connectivity index (χ3v) is 2.74. The topological polar surface area (TPSA) is 64.4 Å². The largest absolute Gasteiger partial charge is 0.444 e. The molecule has 1 atom stereocenters. The van der Waals surface area contributed by atoms with Crippen LogP contribution in [0.4, 0.5) is 18.0 Å². The van der Waals surface area contributed by atoms with E-state index in [4.69, 9.17) is 4.74 Å². The fourth-order valence-corrected chi connectivity index (χ4v) is 1.70. The number of rotatable bonds is 3. The van der Waals surface area contributed by atoms with E-state index in [2.05, 4.69) is 5.10 Å². The first kappa shape index (κ1) is 18.0. The number of nitrogens with zero attached hydrogens (tertiary/aromatic N) is 3. The first-order chi connectivity index (χ1) is 9.86. The number of carbonyl (C=O) groups excluding carboxylic acids is 2. The highest BCUT2D eigenvalue weighted by molar-refractivity contribution is 5.74. The van der Waals surface area contributed by atoms with Gasteiger partial charge in [0.1, 0.15) is 17.9 Å². The van der Waals surface area contributed by atoms with Gasteiger partial charge in [-0.05, 0) is 26.8 Å². The SMILES string of the molecule is CN(C(=O)OC(C)(C)C)C(C=O)c1cc(C(F)(F)F)nn1C. The maximum Gasteiger partial charge on any atom is 0.435 e. The number of alkyl halides is 3. The lowest BCUT2D eigenvalue weighted by Gasteiger charge is -2.27. The van der Waals surface area contributed by atoms with Crippen LogP contribution in [0.1, 0.15) is 38.2 Å². The summed E-state index contributed by atoms with van der Waals surface area (Å²) in [4.78, 5) is 24.1. The van der Waals surface area contributed by atoms with E-state index in [0.29, 0.717) is 6.29 Å². The van der Waals surface area contributed by atoms with E-state index in [1.807, 2.05) is 0 Å². The summed E-state index contributed by atoms with van der Waals surface area (Å²) in [6, 6.07) is -0.497. The molecule has 0 radical (unpaired) electrons. The quantitative estimate of drug-likeness (QED) is 0.803. The summed E-state index contributed by atoms with van der Waals surface area (Å²) in [6.07, 6.45) is -5.09. The molecule has 0 aliphatic heterocycles. The average molecular weight is 321 g/mol. The molecule has 1 aromatic heterocycles. The minimum Gasteiger partial charge on any atom is -0.444 e. The predicted molar refractivity (Wildman–Crippen MR) is 71.0 cm³/mol. The van der Waals surface area contributed by atoms with Crippen LogP contribution in [0.5, 0.6) is 0 Å². The van der Waals surface area contributed by atoms with Crippen LogP contribution < -0.4 is 0 Å². The number of aldehydes is 1. The summed E-state index contributed by atoms with van der Waals surface area (Å²) >= 11 is 0. The normalized spacial score (nSPS) is 13.6. The number of halogens is 3. The molecule has 0 bridgehead atoms. The summed E-state index contributed by atoms with van der Waals surface area (Å²) in [7, 11) is 2.54. The second kappa shape index (κ2) is 5.98. The summed E-state index contributed by atoms with van der Waals surface area (Å²) in [5.41, 5.74) is -1.98. The number of hydrogen-bond acceptors (Lipinski definition) is 4. The molecule has 0 aliphatic rings. The highest BCUT2D eigenvalue weighted by Gasteiger charge is 2.37. The van der Waals surface area contributed by atoms with Crippen molar-refractivity contribution in [1.29, 1.82) is 0 Å². The van der Waals surface area contributed by atoms with Gasteiger partial charge in [0, 0.05) is 14.1 Å². The zero-order valence-corrected chi connectivity index (χ0v) is 12.9. The molecule has 1 aromatic rings. The van der Waals surface area contributed by atoms with Crippen molar-refractivity contribution in [1.82, 2.24) is 14.7 Å². The number of likely N-dealkylation sites (N-methyl/N-ethyl adjacent to an activating group) is 1. The lowest BCUT2D eigenvalue weighted by molar-refractivity contribution is -0.141. The van der Waals surface area contributed by atoms with Gasteiger partial charge in [0.05, 0.1) is 5.69 Å². The van der Waals surface area contributed by atoms with Crippen LogP contribution in [-0.4, -0.2) is 39.7 Å². The molecule has 0 spiro atoms. The Labute approximate surface area is 125 Å². The van der Waals surface area contributed by atoms with E-state index in [9.17, 15) is 22.8 Å². The van der Waals surface area contributed by atoms with E-state index < -0.39 is 29.6 Å². The highest BCUT2D eigenvalue weighted by Crippen LogP contribution is 2.30. The highest BCUT2D eigenvalue weighted by atomic mass is 19.4. The molecule has 1 amide bonds. The van der Waals surface area contributed by atoms with Crippen LogP contribution in [0.25, 0.3) is 0 Å². The van der Waals surface area contributed by atoms with Crippen LogP contribution in [0.3, 0.4) is 0 Å². The smallest absolute Gasteiger partial charge is 0.435 e. The molecule has 1 heterocycles.